The quantitative estimate of drug-likeness (QED) is 0.110. The molecule has 17 heteroatoms. The van der Waals surface area contributed by atoms with E-state index in [0.29, 0.717) is 36.6 Å². The van der Waals surface area contributed by atoms with Crippen molar-refractivity contribution in [3.63, 3.8) is 0 Å². The number of hydrogen-bond donors (Lipinski definition) is 4. The number of ether oxygens (including phenoxy) is 2. The van der Waals surface area contributed by atoms with Crippen LogP contribution in [0.4, 0.5) is 24.9 Å². The Morgan fingerprint density at radius 1 is 1.00 bits per heavy atom. The number of anilines is 2. The number of fused-ring (bicyclic) bond motifs is 1. The Bertz CT molecular complexity index is 2040. The van der Waals surface area contributed by atoms with Crippen LogP contribution in [0.3, 0.4) is 0 Å². The fraction of sp³-hybridized carbons (Fsp3) is 0.405. The topological polar surface area (TPSA) is 170 Å². The van der Waals surface area contributed by atoms with Crippen molar-refractivity contribution in [2.45, 2.75) is 76.0 Å². The summed E-state index contributed by atoms with van der Waals surface area (Å²) in [4.78, 5) is 42.9. The average Bonchev–Trinajstić information content (AvgIpc) is 3.89. The molecule has 1 fully saturated rings. The molecule has 2 aromatic carbocycles. The van der Waals surface area contributed by atoms with Gasteiger partial charge in [-0.1, -0.05) is 49.4 Å². The molecule has 54 heavy (non-hydrogen) atoms. The summed E-state index contributed by atoms with van der Waals surface area (Å²) in [5.74, 6) is -1.78. The van der Waals surface area contributed by atoms with Gasteiger partial charge in [-0.2, -0.15) is 23.1 Å². The van der Waals surface area contributed by atoms with Crippen LogP contribution in [0, 0.1) is 0 Å². The van der Waals surface area contributed by atoms with E-state index in [9.17, 15) is 27.9 Å². The van der Waals surface area contributed by atoms with Gasteiger partial charge in [0, 0.05) is 44.6 Å². The van der Waals surface area contributed by atoms with Crippen molar-refractivity contribution in [3.8, 4) is 5.75 Å². The third-order valence-electron chi connectivity index (χ3n) is 9.45. The predicted octanol–water partition coefficient (Wildman–Crippen LogP) is 4.62. The molecule has 0 saturated heterocycles. The molecular formula is C37H42F3N9O5. The summed E-state index contributed by atoms with van der Waals surface area (Å²) in [5, 5.41) is 20.4. The fourth-order valence-corrected chi connectivity index (χ4v) is 6.57. The summed E-state index contributed by atoms with van der Waals surface area (Å²) in [5.41, 5.74) is 3.39. The standard InChI is InChI=1S/C37H42F3N9O5/c1-4-29(50)45-27-17-28(32(31(27)51)54-35(52)37(38,39)40)49-21-44-30-33(46-36(47-34(30)49)41-16-15-24-19-48(5-2)20-43-24)42-18-26(22-9-7-6-8-10-22)23-11-13-25(53-3)14-12-23/h6-14,19-21,26-28,31-32,51H,4-5,15-18H2,1-3H3,(H,45,50)(H2,41,42,46,47)/t26?,27-,28+,31+,32-/m0/s1. The van der Waals surface area contributed by atoms with Crippen LogP contribution >= 0.6 is 0 Å². The van der Waals surface area contributed by atoms with Crippen molar-refractivity contribution in [3.05, 3.63) is 90.3 Å². The molecule has 1 unspecified atom stereocenters. The number of carbonyl (C=O) groups excluding carboxylic acids is 2. The zero-order valence-corrected chi connectivity index (χ0v) is 30.0. The lowest BCUT2D eigenvalue weighted by molar-refractivity contribution is -0.209. The minimum absolute atomic E-state index is 0.0721. The van der Waals surface area contributed by atoms with E-state index in [1.54, 1.807) is 20.4 Å². The zero-order chi connectivity index (χ0) is 38.4. The van der Waals surface area contributed by atoms with Crippen LogP contribution in [0.2, 0.25) is 0 Å². The number of nitrogens with zero attached hydrogens (tertiary/aromatic N) is 6. The molecule has 0 aliphatic heterocycles. The first-order valence-corrected chi connectivity index (χ1v) is 17.7. The Kier molecular flexibility index (Phi) is 11.6. The number of imidazole rings is 2. The van der Waals surface area contributed by atoms with Crippen LogP contribution in [-0.4, -0.2) is 90.7 Å². The Morgan fingerprint density at radius 2 is 1.74 bits per heavy atom. The highest BCUT2D eigenvalue weighted by atomic mass is 19.4. The maximum Gasteiger partial charge on any atom is 0.490 e. The summed E-state index contributed by atoms with van der Waals surface area (Å²) in [6.45, 7) is 5.15. The molecule has 5 aromatic rings. The van der Waals surface area contributed by atoms with E-state index in [1.165, 1.54) is 10.9 Å². The van der Waals surface area contributed by atoms with Gasteiger partial charge in [0.1, 0.15) is 11.9 Å². The summed E-state index contributed by atoms with van der Waals surface area (Å²) in [7, 11) is 1.60. The van der Waals surface area contributed by atoms with Gasteiger partial charge in [0.2, 0.25) is 11.9 Å². The number of aromatic nitrogens is 6. The smallest absolute Gasteiger partial charge is 0.490 e. The molecule has 1 amide bonds. The third-order valence-corrected chi connectivity index (χ3v) is 9.45. The Balaban J connectivity index is 1.37. The van der Waals surface area contributed by atoms with Crippen molar-refractivity contribution < 1.29 is 37.3 Å². The zero-order valence-electron chi connectivity index (χ0n) is 30.0. The first-order valence-electron chi connectivity index (χ1n) is 17.7. The van der Waals surface area contributed by atoms with E-state index < -0.39 is 42.3 Å². The second-order valence-electron chi connectivity index (χ2n) is 12.9. The van der Waals surface area contributed by atoms with E-state index >= 15 is 0 Å². The fourth-order valence-electron chi connectivity index (χ4n) is 6.57. The monoisotopic (exact) mass is 749 g/mol. The molecule has 6 rings (SSSR count). The number of alkyl halides is 3. The number of aliphatic hydroxyl groups excluding tert-OH is 1. The van der Waals surface area contributed by atoms with Crippen LogP contribution in [0.15, 0.2) is 73.4 Å². The van der Waals surface area contributed by atoms with Gasteiger partial charge in [-0.25, -0.2) is 14.8 Å². The van der Waals surface area contributed by atoms with E-state index in [0.717, 1.165) is 23.4 Å². The van der Waals surface area contributed by atoms with Crippen LogP contribution in [0.1, 0.15) is 55.5 Å². The van der Waals surface area contributed by atoms with Gasteiger partial charge >= 0.3 is 12.1 Å². The van der Waals surface area contributed by atoms with Crippen molar-refractivity contribution in [2.75, 3.05) is 30.8 Å². The number of benzene rings is 2. The number of hydrogen-bond acceptors (Lipinski definition) is 11. The second-order valence-corrected chi connectivity index (χ2v) is 12.9. The van der Waals surface area contributed by atoms with Crippen molar-refractivity contribution in [2.24, 2.45) is 0 Å². The number of rotatable bonds is 15. The number of nitrogens with one attached hydrogen (secondary N) is 3. The largest absolute Gasteiger partial charge is 0.497 e. The van der Waals surface area contributed by atoms with Gasteiger partial charge in [0.15, 0.2) is 23.1 Å². The lowest BCUT2D eigenvalue weighted by atomic mass is 9.91. The molecule has 4 N–H and O–H groups in total. The Morgan fingerprint density at radius 3 is 2.41 bits per heavy atom. The number of halogens is 3. The summed E-state index contributed by atoms with van der Waals surface area (Å²) < 4.78 is 53.9. The number of methoxy groups -OCH3 is 1. The minimum Gasteiger partial charge on any atom is -0.497 e. The first-order chi connectivity index (χ1) is 26.0. The predicted molar refractivity (Wildman–Crippen MR) is 193 cm³/mol. The van der Waals surface area contributed by atoms with Crippen molar-refractivity contribution >= 4 is 34.8 Å². The molecule has 286 valence electrons. The molecular weight excluding hydrogens is 707 g/mol. The lowest BCUT2D eigenvalue weighted by Gasteiger charge is -2.24. The second kappa shape index (κ2) is 16.5. The first kappa shape index (κ1) is 38.0. The van der Waals surface area contributed by atoms with E-state index in [1.807, 2.05) is 72.3 Å². The normalized spacial score (nSPS) is 19.0. The Labute approximate surface area is 309 Å². The third kappa shape index (κ3) is 8.56. The minimum atomic E-state index is -5.31. The van der Waals surface area contributed by atoms with Crippen LogP contribution in [0.25, 0.3) is 11.2 Å². The van der Waals surface area contributed by atoms with Gasteiger partial charge in [-0.05, 0) is 36.6 Å². The molecule has 1 aliphatic rings. The van der Waals surface area contributed by atoms with E-state index in [2.05, 4.69) is 25.9 Å². The number of esters is 1. The molecule has 14 nitrogen and oxygen atoms in total. The maximum absolute atomic E-state index is 13.4. The molecule has 0 bridgehead atoms. The highest BCUT2D eigenvalue weighted by Crippen LogP contribution is 2.38. The van der Waals surface area contributed by atoms with E-state index in [-0.39, 0.29) is 30.4 Å². The molecule has 0 spiro atoms. The average molecular weight is 750 g/mol. The van der Waals surface area contributed by atoms with Gasteiger partial charge in [-0.3, -0.25) is 4.79 Å². The van der Waals surface area contributed by atoms with Crippen molar-refractivity contribution in [1.82, 2.24) is 34.4 Å². The van der Waals surface area contributed by atoms with Gasteiger partial charge in [0.25, 0.3) is 0 Å². The molecule has 1 saturated carbocycles. The van der Waals surface area contributed by atoms with E-state index in [4.69, 9.17) is 19.4 Å². The number of aliphatic hydroxyl groups is 1. The molecule has 3 aromatic heterocycles. The summed E-state index contributed by atoms with van der Waals surface area (Å²) in [6, 6.07) is 15.5. The van der Waals surface area contributed by atoms with Crippen LogP contribution in [-0.2, 0) is 27.3 Å². The number of amides is 1. The van der Waals surface area contributed by atoms with Crippen LogP contribution in [0.5, 0.6) is 5.75 Å². The Hall–Kier alpha value is -5.71. The molecule has 1 aliphatic carbocycles. The highest BCUT2D eigenvalue weighted by Gasteiger charge is 2.51. The van der Waals surface area contributed by atoms with Crippen LogP contribution < -0.4 is 20.7 Å². The summed E-state index contributed by atoms with van der Waals surface area (Å²) in [6.07, 6.45) is -3.04. The van der Waals surface area contributed by atoms with Crippen molar-refractivity contribution in [1.29, 1.82) is 0 Å². The maximum atomic E-state index is 13.4. The molecule has 5 atom stereocenters. The lowest BCUT2D eigenvalue weighted by Crippen LogP contribution is -2.45. The molecule has 3 heterocycles. The van der Waals surface area contributed by atoms with Gasteiger partial charge < -0.3 is 39.7 Å². The van der Waals surface area contributed by atoms with Gasteiger partial charge in [-0.15, -0.1) is 0 Å². The summed E-state index contributed by atoms with van der Waals surface area (Å²) >= 11 is 0. The highest BCUT2D eigenvalue weighted by molar-refractivity contribution is 5.84. The number of aryl methyl sites for hydroxylation is 1. The SMILES string of the molecule is CCC(=O)N[C@H]1C[C@@H](n2cnc3c(NCC(c4ccccc4)c4ccc(OC)cc4)nc(NCCc4cn(CC)cn4)nc32)[C@H](OC(=O)C(F)(F)F)[C@@H]1O. The molecule has 0 radical (unpaired) electrons. The number of carbonyl (C=O) groups is 2. The van der Waals surface area contributed by atoms with Gasteiger partial charge in [0.05, 0.1) is 37.5 Å².